The van der Waals surface area contributed by atoms with Crippen molar-refractivity contribution >= 4 is 29.2 Å². The number of hydrogen-bond donors (Lipinski definition) is 3. The van der Waals surface area contributed by atoms with E-state index in [4.69, 9.17) is 22.4 Å². The summed E-state index contributed by atoms with van der Waals surface area (Å²) in [4.78, 5) is 22.3. The van der Waals surface area contributed by atoms with Crippen LogP contribution in [0.2, 0.25) is 5.15 Å². The van der Waals surface area contributed by atoms with Crippen LogP contribution in [0.15, 0.2) is 60.7 Å². The molecule has 0 saturated carbocycles. The van der Waals surface area contributed by atoms with Crippen molar-refractivity contribution in [3.05, 3.63) is 77.1 Å². The molecule has 0 spiro atoms. The zero-order chi connectivity index (χ0) is 21.5. The van der Waals surface area contributed by atoms with Crippen LogP contribution in [0, 0.1) is 0 Å². The molecule has 1 unspecified atom stereocenters. The lowest BCUT2D eigenvalue weighted by Gasteiger charge is -2.13. The fraction of sp³-hybridized carbons (Fsp3) is 0.182. The zero-order valence-electron chi connectivity index (χ0n) is 16.1. The molecule has 3 rings (SSSR count). The summed E-state index contributed by atoms with van der Waals surface area (Å²) in [6.45, 7) is 0. The van der Waals surface area contributed by atoms with Gasteiger partial charge in [0.15, 0.2) is 5.15 Å². The highest BCUT2D eigenvalue weighted by atomic mass is 35.5. The highest BCUT2D eigenvalue weighted by Crippen LogP contribution is 2.29. The molecule has 0 aliphatic carbocycles. The van der Waals surface area contributed by atoms with Crippen molar-refractivity contribution in [1.82, 2.24) is 10.2 Å². The minimum absolute atomic E-state index is 0.0835. The van der Waals surface area contributed by atoms with Gasteiger partial charge in [-0.15, -0.1) is 5.10 Å². The highest BCUT2D eigenvalue weighted by molar-refractivity contribution is 6.32. The van der Waals surface area contributed by atoms with Gasteiger partial charge in [-0.1, -0.05) is 54.1 Å². The fourth-order valence-corrected chi connectivity index (χ4v) is 3.13. The second kappa shape index (κ2) is 9.96. The normalized spacial score (nSPS) is 11.7. The Morgan fingerprint density at radius 1 is 1.03 bits per heavy atom. The molecule has 30 heavy (non-hydrogen) atoms. The number of aromatic nitrogens is 2. The number of halogens is 1. The molecule has 1 amide bonds. The average Bonchev–Trinajstić information content (AvgIpc) is 2.74. The van der Waals surface area contributed by atoms with Gasteiger partial charge in [0.05, 0.1) is 18.2 Å². The molecule has 3 aromatic rings. The first-order valence-corrected chi connectivity index (χ1v) is 9.75. The van der Waals surface area contributed by atoms with Crippen LogP contribution in [0.25, 0.3) is 11.1 Å². The molecule has 4 N–H and O–H groups in total. The van der Waals surface area contributed by atoms with Gasteiger partial charge in [0.25, 0.3) is 0 Å². The fourth-order valence-electron chi connectivity index (χ4n) is 2.93. The van der Waals surface area contributed by atoms with Crippen molar-refractivity contribution in [1.29, 1.82) is 0 Å². The number of nitrogens with one attached hydrogen (secondary N) is 1. The van der Waals surface area contributed by atoms with E-state index in [0.29, 0.717) is 23.4 Å². The summed E-state index contributed by atoms with van der Waals surface area (Å²) in [5.41, 5.74) is 10.1. The summed E-state index contributed by atoms with van der Waals surface area (Å²) in [5.74, 6) is -1.37. The van der Waals surface area contributed by atoms with Crippen LogP contribution in [-0.4, -0.2) is 27.2 Å². The number of carboxylic acids is 1. The maximum Gasteiger partial charge on any atom is 0.303 e. The second-order valence-electron chi connectivity index (χ2n) is 6.79. The smallest absolute Gasteiger partial charge is 0.303 e. The number of nitrogens with zero attached hydrogens (tertiary/aromatic N) is 2. The van der Waals surface area contributed by atoms with Crippen molar-refractivity contribution in [3.63, 3.8) is 0 Å². The van der Waals surface area contributed by atoms with Gasteiger partial charge in [0.2, 0.25) is 5.91 Å². The molecule has 0 aliphatic rings. The Morgan fingerprint density at radius 2 is 1.73 bits per heavy atom. The van der Waals surface area contributed by atoms with Gasteiger partial charge in [0, 0.05) is 17.7 Å². The number of carbonyl (C=O) groups is 2. The first kappa shape index (κ1) is 21.4. The first-order valence-electron chi connectivity index (χ1n) is 9.37. The van der Waals surface area contributed by atoms with Gasteiger partial charge >= 0.3 is 5.97 Å². The average molecular weight is 425 g/mol. The van der Waals surface area contributed by atoms with Crippen molar-refractivity contribution in [2.24, 2.45) is 5.73 Å². The monoisotopic (exact) mass is 424 g/mol. The third-order valence-electron chi connectivity index (χ3n) is 4.49. The van der Waals surface area contributed by atoms with E-state index >= 15 is 0 Å². The van der Waals surface area contributed by atoms with Crippen LogP contribution in [0.5, 0.6) is 0 Å². The number of aliphatic carboxylic acids is 1. The summed E-state index contributed by atoms with van der Waals surface area (Å²) in [6.07, 6.45) is 0.325. The van der Waals surface area contributed by atoms with Gasteiger partial charge in [-0.3, -0.25) is 9.59 Å². The lowest BCUT2D eigenvalue weighted by Crippen LogP contribution is -2.16. The molecule has 0 saturated heterocycles. The molecule has 0 fully saturated rings. The molecule has 7 nitrogen and oxygen atoms in total. The second-order valence-corrected chi connectivity index (χ2v) is 7.15. The Morgan fingerprint density at radius 3 is 2.40 bits per heavy atom. The minimum Gasteiger partial charge on any atom is -0.481 e. The number of carbonyl (C=O) groups excluding carboxylic acids is 1. The van der Waals surface area contributed by atoms with Gasteiger partial charge in [-0.25, -0.2) is 0 Å². The molecule has 0 bridgehead atoms. The molecule has 1 heterocycles. The third kappa shape index (κ3) is 5.85. The Bertz CT molecular complexity index is 1030. The van der Waals surface area contributed by atoms with Crippen LogP contribution >= 0.6 is 11.6 Å². The molecule has 1 aromatic heterocycles. The lowest BCUT2D eigenvalue weighted by molar-refractivity contribution is -0.138. The summed E-state index contributed by atoms with van der Waals surface area (Å²) in [5, 5.41) is 19.7. The SMILES string of the molecule is NC(Cc1ccccc1)c1cc(-c2ccc(NC(=O)CCC(=O)O)cc2)c(Cl)nn1. The number of carboxylic acid groups (broad SMARTS) is 1. The van der Waals surface area contributed by atoms with Crippen molar-refractivity contribution < 1.29 is 14.7 Å². The molecular weight excluding hydrogens is 404 g/mol. The molecule has 2 aromatic carbocycles. The van der Waals surface area contributed by atoms with Gasteiger partial charge in [-0.2, -0.15) is 5.10 Å². The van der Waals surface area contributed by atoms with Crippen LogP contribution in [0.3, 0.4) is 0 Å². The van der Waals surface area contributed by atoms with Crippen LogP contribution in [0.4, 0.5) is 5.69 Å². The van der Waals surface area contributed by atoms with Crippen molar-refractivity contribution in [3.8, 4) is 11.1 Å². The van der Waals surface area contributed by atoms with E-state index in [1.54, 1.807) is 24.3 Å². The maximum atomic E-state index is 11.8. The number of hydrogen-bond acceptors (Lipinski definition) is 5. The molecular formula is C22H21ClN4O3. The Kier molecular flexibility index (Phi) is 7.11. The van der Waals surface area contributed by atoms with Gasteiger partial charge in [0.1, 0.15) is 0 Å². The first-order chi connectivity index (χ1) is 14.4. The quantitative estimate of drug-likeness (QED) is 0.505. The topological polar surface area (TPSA) is 118 Å². The van der Waals surface area contributed by atoms with E-state index in [0.717, 1.165) is 11.1 Å². The maximum absolute atomic E-state index is 11.8. The van der Waals surface area contributed by atoms with Crippen molar-refractivity contribution in [2.45, 2.75) is 25.3 Å². The molecule has 1 atom stereocenters. The summed E-state index contributed by atoms with van der Waals surface area (Å²) in [7, 11) is 0. The molecule has 0 aliphatic heterocycles. The molecule has 154 valence electrons. The van der Waals surface area contributed by atoms with Crippen LogP contribution < -0.4 is 11.1 Å². The summed E-state index contributed by atoms with van der Waals surface area (Å²) >= 11 is 6.25. The minimum atomic E-state index is -1.01. The van der Waals surface area contributed by atoms with Crippen LogP contribution in [-0.2, 0) is 16.0 Å². The Balaban J connectivity index is 1.73. The van der Waals surface area contributed by atoms with Crippen molar-refractivity contribution in [2.75, 3.05) is 5.32 Å². The predicted octanol–water partition coefficient (Wildman–Crippen LogP) is 3.84. The van der Waals surface area contributed by atoms with E-state index in [-0.39, 0.29) is 29.9 Å². The lowest BCUT2D eigenvalue weighted by atomic mass is 10.0. The highest BCUT2D eigenvalue weighted by Gasteiger charge is 2.14. The number of rotatable bonds is 8. The standard InChI is InChI=1S/C22H21ClN4O3/c23-22-17(13-19(26-27-22)18(24)12-14-4-2-1-3-5-14)15-6-8-16(9-7-15)25-20(28)10-11-21(29)30/h1-9,13,18H,10-12,24H2,(H,25,28)(H,29,30). The van der Waals surface area contributed by atoms with Crippen LogP contribution in [0.1, 0.15) is 30.1 Å². The van der Waals surface area contributed by atoms with E-state index in [9.17, 15) is 9.59 Å². The number of anilines is 1. The summed E-state index contributed by atoms with van der Waals surface area (Å²) < 4.78 is 0. The Hall–Kier alpha value is -3.29. The summed E-state index contributed by atoms with van der Waals surface area (Å²) in [6, 6.07) is 18.4. The van der Waals surface area contributed by atoms with E-state index in [1.807, 2.05) is 36.4 Å². The van der Waals surface area contributed by atoms with E-state index in [2.05, 4.69) is 15.5 Å². The molecule has 8 heteroatoms. The molecule has 0 radical (unpaired) electrons. The zero-order valence-corrected chi connectivity index (χ0v) is 16.8. The van der Waals surface area contributed by atoms with E-state index in [1.165, 1.54) is 0 Å². The largest absolute Gasteiger partial charge is 0.481 e. The van der Waals surface area contributed by atoms with E-state index < -0.39 is 5.97 Å². The predicted molar refractivity (Wildman–Crippen MR) is 115 cm³/mol. The van der Waals surface area contributed by atoms with Gasteiger partial charge < -0.3 is 16.2 Å². The number of nitrogens with two attached hydrogens (primary N) is 1. The third-order valence-corrected chi connectivity index (χ3v) is 4.77. The number of benzene rings is 2. The van der Waals surface area contributed by atoms with Gasteiger partial charge in [-0.05, 0) is 35.7 Å². The Labute approximate surface area is 178 Å². The number of amides is 1.